The Morgan fingerprint density at radius 1 is 0.944 bits per heavy atom. The van der Waals surface area contributed by atoms with E-state index in [9.17, 15) is 13.2 Å². The van der Waals surface area contributed by atoms with E-state index in [1.54, 1.807) is 31.2 Å². The molecule has 0 nitrogen and oxygen atoms in total. The van der Waals surface area contributed by atoms with Gasteiger partial charge in [0.15, 0.2) is 0 Å². The van der Waals surface area contributed by atoms with Crippen molar-refractivity contribution in [2.75, 3.05) is 0 Å². The molecule has 0 amide bonds. The van der Waals surface area contributed by atoms with Crippen molar-refractivity contribution in [2.45, 2.75) is 19.8 Å². The average Bonchev–Trinajstić information content (AvgIpc) is 2.53. The lowest BCUT2D eigenvalue weighted by Crippen LogP contribution is -2.13. The number of alkyl halides is 2. The molecule has 3 rings (SSSR count). The molecule has 2 aromatic carbocycles. The maximum Gasteiger partial charge on any atom is 0.302 e. The van der Waals surface area contributed by atoms with Crippen LogP contribution in [0.15, 0.2) is 30.3 Å². The number of halogens is 3. The zero-order chi connectivity index (χ0) is 13.1. The third-order valence-electron chi connectivity index (χ3n) is 3.45. The molecule has 92 valence electrons. The molecule has 0 N–H and O–H groups in total. The van der Waals surface area contributed by atoms with Crippen molar-refractivity contribution in [3.63, 3.8) is 0 Å². The van der Waals surface area contributed by atoms with E-state index >= 15 is 0 Å². The standard InChI is InChI=1S/C15H11F3/c1-8-3-5-10-11-6-4-9(2)14(16)13(11)15(17,18)12(10)7-8/h3-7H,1-2H3. The van der Waals surface area contributed by atoms with Crippen molar-refractivity contribution in [3.8, 4) is 11.1 Å². The van der Waals surface area contributed by atoms with Crippen LogP contribution in [0.4, 0.5) is 13.2 Å². The summed E-state index contributed by atoms with van der Waals surface area (Å²) in [5, 5.41) is 0. The molecule has 0 saturated heterocycles. The molecule has 0 radical (unpaired) electrons. The molecule has 0 spiro atoms. The Morgan fingerprint density at radius 2 is 1.61 bits per heavy atom. The van der Waals surface area contributed by atoms with Crippen LogP contribution in [0.1, 0.15) is 22.3 Å². The van der Waals surface area contributed by atoms with Crippen LogP contribution in [0.2, 0.25) is 0 Å². The van der Waals surface area contributed by atoms with E-state index < -0.39 is 17.3 Å². The van der Waals surface area contributed by atoms with Crippen molar-refractivity contribution < 1.29 is 13.2 Å². The van der Waals surface area contributed by atoms with Gasteiger partial charge in [-0.25, -0.2) is 4.39 Å². The van der Waals surface area contributed by atoms with Crippen LogP contribution in [0.3, 0.4) is 0 Å². The van der Waals surface area contributed by atoms with E-state index in [1.807, 2.05) is 0 Å². The van der Waals surface area contributed by atoms with Gasteiger partial charge in [-0.2, -0.15) is 8.78 Å². The first-order valence-electron chi connectivity index (χ1n) is 5.72. The Morgan fingerprint density at radius 3 is 2.33 bits per heavy atom. The monoisotopic (exact) mass is 248 g/mol. The second kappa shape index (κ2) is 3.37. The average molecular weight is 248 g/mol. The van der Waals surface area contributed by atoms with Crippen molar-refractivity contribution in [3.05, 3.63) is 58.4 Å². The van der Waals surface area contributed by atoms with Crippen molar-refractivity contribution >= 4 is 0 Å². The van der Waals surface area contributed by atoms with Gasteiger partial charge in [-0.15, -0.1) is 0 Å². The largest absolute Gasteiger partial charge is 0.302 e. The molecule has 0 unspecified atom stereocenters. The summed E-state index contributed by atoms with van der Waals surface area (Å²) in [4.78, 5) is 0. The first-order chi connectivity index (χ1) is 8.43. The van der Waals surface area contributed by atoms with Crippen LogP contribution in [0, 0.1) is 19.7 Å². The molecule has 2 aromatic rings. The molecule has 1 aliphatic carbocycles. The van der Waals surface area contributed by atoms with Crippen molar-refractivity contribution in [2.24, 2.45) is 0 Å². The summed E-state index contributed by atoms with van der Waals surface area (Å²) in [6.45, 7) is 3.25. The lowest BCUT2D eigenvalue weighted by Gasteiger charge is -2.14. The summed E-state index contributed by atoms with van der Waals surface area (Å²) in [5.74, 6) is -4.04. The van der Waals surface area contributed by atoms with Gasteiger partial charge in [0.05, 0.1) is 5.56 Å². The molecule has 0 saturated carbocycles. The van der Waals surface area contributed by atoms with Crippen LogP contribution in [-0.4, -0.2) is 0 Å². The minimum atomic E-state index is -3.24. The smallest absolute Gasteiger partial charge is 0.206 e. The van der Waals surface area contributed by atoms with Gasteiger partial charge in [0.2, 0.25) is 0 Å². The second-order valence-corrected chi connectivity index (χ2v) is 4.74. The minimum Gasteiger partial charge on any atom is -0.206 e. The summed E-state index contributed by atoms with van der Waals surface area (Å²) in [5.41, 5.74) is 1.15. The molecule has 0 aromatic heterocycles. The van der Waals surface area contributed by atoms with Gasteiger partial charge in [0, 0.05) is 5.56 Å². The maximum atomic E-state index is 14.3. The molecule has 0 fully saturated rings. The number of fused-ring (bicyclic) bond motifs is 3. The fourth-order valence-corrected chi connectivity index (χ4v) is 2.50. The Labute approximate surface area is 103 Å². The Hall–Kier alpha value is -1.77. The number of aryl methyl sites for hydroxylation is 2. The molecular weight excluding hydrogens is 237 g/mol. The van der Waals surface area contributed by atoms with Gasteiger partial charge < -0.3 is 0 Å². The Balaban J connectivity index is 2.42. The van der Waals surface area contributed by atoms with Crippen molar-refractivity contribution in [1.82, 2.24) is 0 Å². The number of hydrogen-bond donors (Lipinski definition) is 0. The van der Waals surface area contributed by atoms with E-state index in [1.165, 1.54) is 13.0 Å². The number of benzene rings is 2. The zero-order valence-corrected chi connectivity index (χ0v) is 10.0. The fourth-order valence-electron chi connectivity index (χ4n) is 2.50. The maximum absolute atomic E-state index is 14.3. The Kier molecular flexibility index (Phi) is 2.12. The number of rotatable bonds is 0. The molecule has 0 aliphatic heterocycles. The molecule has 0 atom stereocenters. The predicted molar refractivity (Wildman–Crippen MR) is 64.3 cm³/mol. The number of hydrogen-bond acceptors (Lipinski definition) is 0. The normalized spacial score (nSPS) is 15.4. The molecule has 0 heterocycles. The third-order valence-corrected chi connectivity index (χ3v) is 3.45. The van der Waals surface area contributed by atoms with E-state index in [0.29, 0.717) is 11.1 Å². The van der Waals surface area contributed by atoms with Gasteiger partial charge in [0.25, 0.3) is 0 Å². The predicted octanol–water partition coefficient (Wildman–Crippen LogP) is 4.56. The van der Waals surface area contributed by atoms with Crippen LogP contribution >= 0.6 is 0 Å². The van der Waals surface area contributed by atoms with Crippen LogP contribution in [0.5, 0.6) is 0 Å². The molecule has 3 heteroatoms. The van der Waals surface area contributed by atoms with Gasteiger partial charge >= 0.3 is 5.92 Å². The second-order valence-electron chi connectivity index (χ2n) is 4.74. The SMILES string of the molecule is Cc1ccc2c(c1)C(F)(F)c1c-2ccc(C)c1F. The lowest BCUT2D eigenvalue weighted by molar-refractivity contribution is 0.0440. The van der Waals surface area contributed by atoms with Crippen LogP contribution in [0.25, 0.3) is 11.1 Å². The van der Waals surface area contributed by atoms with E-state index in [-0.39, 0.29) is 11.1 Å². The third kappa shape index (κ3) is 1.27. The molecule has 18 heavy (non-hydrogen) atoms. The van der Waals surface area contributed by atoms with Gasteiger partial charge in [-0.05, 0) is 36.6 Å². The molecular formula is C15H11F3. The van der Waals surface area contributed by atoms with E-state index in [4.69, 9.17) is 0 Å². The molecule has 1 aliphatic rings. The van der Waals surface area contributed by atoms with E-state index in [2.05, 4.69) is 0 Å². The van der Waals surface area contributed by atoms with Gasteiger partial charge in [-0.3, -0.25) is 0 Å². The summed E-state index contributed by atoms with van der Waals surface area (Å²) in [7, 11) is 0. The molecule has 0 bridgehead atoms. The highest BCUT2D eigenvalue weighted by Crippen LogP contribution is 2.52. The van der Waals surface area contributed by atoms with Gasteiger partial charge in [0.1, 0.15) is 5.82 Å². The first kappa shape index (κ1) is 11.3. The minimum absolute atomic E-state index is 0.0954. The van der Waals surface area contributed by atoms with Gasteiger partial charge in [-0.1, -0.05) is 29.8 Å². The summed E-state index contributed by atoms with van der Waals surface area (Å²) < 4.78 is 42.6. The van der Waals surface area contributed by atoms with Crippen LogP contribution in [-0.2, 0) is 5.92 Å². The van der Waals surface area contributed by atoms with Crippen LogP contribution < -0.4 is 0 Å². The fraction of sp³-hybridized carbons (Fsp3) is 0.200. The van der Waals surface area contributed by atoms with E-state index in [0.717, 1.165) is 5.56 Å². The van der Waals surface area contributed by atoms with Crippen molar-refractivity contribution in [1.29, 1.82) is 0 Å². The summed E-state index contributed by atoms with van der Waals surface area (Å²) in [6.07, 6.45) is 0. The summed E-state index contributed by atoms with van der Waals surface area (Å²) in [6, 6.07) is 7.95. The highest BCUT2D eigenvalue weighted by atomic mass is 19.3. The highest BCUT2D eigenvalue weighted by molar-refractivity contribution is 5.80. The Bertz CT molecular complexity index is 657. The highest BCUT2D eigenvalue weighted by Gasteiger charge is 2.46. The zero-order valence-electron chi connectivity index (χ0n) is 10.0. The lowest BCUT2D eigenvalue weighted by atomic mass is 10.0. The quantitative estimate of drug-likeness (QED) is 0.641. The first-order valence-corrected chi connectivity index (χ1v) is 5.72. The topological polar surface area (TPSA) is 0 Å². The summed E-state index contributed by atoms with van der Waals surface area (Å²) >= 11 is 0.